The first-order valence-corrected chi connectivity index (χ1v) is 7.58. The molecule has 0 radical (unpaired) electrons. The van der Waals surface area contributed by atoms with Crippen molar-refractivity contribution in [1.82, 2.24) is 0 Å². The van der Waals surface area contributed by atoms with Crippen LogP contribution in [-0.2, 0) is 4.74 Å². The highest BCUT2D eigenvalue weighted by molar-refractivity contribution is 9.10. The third-order valence-electron chi connectivity index (χ3n) is 3.11. The molecule has 3 nitrogen and oxygen atoms in total. The quantitative estimate of drug-likeness (QED) is 0.766. The summed E-state index contributed by atoms with van der Waals surface area (Å²) in [6.07, 6.45) is 0. The number of halogens is 2. The molecule has 5 heteroatoms. The van der Waals surface area contributed by atoms with Crippen LogP contribution in [0.4, 0.5) is 5.69 Å². The first-order valence-electron chi connectivity index (χ1n) is 6.41. The van der Waals surface area contributed by atoms with Gasteiger partial charge in [0.25, 0.3) is 0 Å². The Balaban J connectivity index is 2.30. The maximum atomic E-state index is 11.8. The van der Waals surface area contributed by atoms with E-state index in [0.29, 0.717) is 16.3 Å². The Hall–Kier alpha value is -1.52. The van der Waals surface area contributed by atoms with Gasteiger partial charge in [-0.1, -0.05) is 39.7 Å². The summed E-state index contributed by atoms with van der Waals surface area (Å²) in [6, 6.07) is 13.1. The summed E-state index contributed by atoms with van der Waals surface area (Å²) in [6.45, 7) is 2.02. The van der Waals surface area contributed by atoms with Crippen molar-refractivity contribution in [3.05, 3.63) is 63.1 Å². The first-order chi connectivity index (χ1) is 10.0. The zero-order valence-corrected chi connectivity index (χ0v) is 14.0. The van der Waals surface area contributed by atoms with Crippen LogP contribution in [0.2, 0.25) is 5.02 Å². The molecule has 0 amide bonds. The Morgan fingerprint density at radius 2 is 2.05 bits per heavy atom. The second-order valence-corrected chi connectivity index (χ2v) is 5.95. The summed E-state index contributed by atoms with van der Waals surface area (Å²) in [5.74, 6) is -0.393. The molecule has 2 aromatic carbocycles. The lowest BCUT2D eigenvalue weighted by Gasteiger charge is -2.18. The number of hydrogen-bond donors (Lipinski definition) is 1. The molecule has 1 N–H and O–H groups in total. The summed E-state index contributed by atoms with van der Waals surface area (Å²) in [7, 11) is 1.36. The molecule has 0 spiro atoms. The zero-order chi connectivity index (χ0) is 15.4. The van der Waals surface area contributed by atoms with Crippen LogP contribution in [0.25, 0.3) is 0 Å². The number of esters is 1. The highest BCUT2D eigenvalue weighted by Gasteiger charge is 2.15. The van der Waals surface area contributed by atoms with Gasteiger partial charge in [0.1, 0.15) is 0 Å². The number of rotatable bonds is 4. The number of carbonyl (C=O) groups is 1. The molecule has 0 saturated heterocycles. The van der Waals surface area contributed by atoms with Gasteiger partial charge in [0, 0.05) is 15.5 Å². The molecule has 2 rings (SSSR count). The van der Waals surface area contributed by atoms with E-state index in [4.69, 9.17) is 16.3 Å². The normalized spacial score (nSPS) is 11.8. The number of methoxy groups -OCH3 is 1. The van der Waals surface area contributed by atoms with E-state index in [1.807, 2.05) is 31.2 Å². The molecule has 21 heavy (non-hydrogen) atoms. The molecular weight excluding hydrogens is 354 g/mol. The van der Waals surface area contributed by atoms with Gasteiger partial charge in [0.2, 0.25) is 0 Å². The molecule has 0 bridgehead atoms. The number of anilines is 1. The second-order valence-electron chi connectivity index (χ2n) is 4.60. The molecule has 0 aliphatic rings. The molecule has 0 aromatic heterocycles. The van der Waals surface area contributed by atoms with E-state index in [1.165, 1.54) is 7.11 Å². The standard InChI is InChI=1S/C16H15BrClNO2/c1-10(11-4-3-5-12(17)8-11)19-15-9-13(18)6-7-14(15)16(20)21-2/h3-10,19H,1-2H3. The van der Waals surface area contributed by atoms with Crippen molar-refractivity contribution < 1.29 is 9.53 Å². The van der Waals surface area contributed by atoms with E-state index in [1.54, 1.807) is 18.2 Å². The van der Waals surface area contributed by atoms with Crippen LogP contribution in [0, 0.1) is 0 Å². The van der Waals surface area contributed by atoms with Crippen LogP contribution in [0.5, 0.6) is 0 Å². The molecule has 2 aromatic rings. The monoisotopic (exact) mass is 367 g/mol. The predicted molar refractivity (Wildman–Crippen MR) is 89.0 cm³/mol. The molecule has 0 aliphatic carbocycles. The van der Waals surface area contributed by atoms with Gasteiger partial charge >= 0.3 is 5.97 Å². The largest absolute Gasteiger partial charge is 0.465 e. The van der Waals surface area contributed by atoms with Crippen LogP contribution in [0.3, 0.4) is 0 Å². The van der Waals surface area contributed by atoms with E-state index >= 15 is 0 Å². The van der Waals surface area contributed by atoms with Gasteiger partial charge < -0.3 is 10.1 Å². The minimum Gasteiger partial charge on any atom is -0.465 e. The van der Waals surface area contributed by atoms with Crippen LogP contribution in [-0.4, -0.2) is 13.1 Å². The van der Waals surface area contributed by atoms with Crippen molar-refractivity contribution in [2.45, 2.75) is 13.0 Å². The van der Waals surface area contributed by atoms with Crippen molar-refractivity contribution in [3.8, 4) is 0 Å². The molecular formula is C16H15BrClNO2. The van der Waals surface area contributed by atoms with Crippen LogP contribution < -0.4 is 5.32 Å². The van der Waals surface area contributed by atoms with Gasteiger partial charge in [0.15, 0.2) is 0 Å². The van der Waals surface area contributed by atoms with Crippen molar-refractivity contribution >= 4 is 39.2 Å². The van der Waals surface area contributed by atoms with E-state index in [-0.39, 0.29) is 6.04 Å². The third kappa shape index (κ3) is 3.99. The Morgan fingerprint density at radius 3 is 2.71 bits per heavy atom. The lowest BCUT2D eigenvalue weighted by molar-refractivity contribution is 0.0602. The van der Waals surface area contributed by atoms with Gasteiger partial charge in [-0.05, 0) is 42.8 Å². The van der Waals surface area contributed by atoms with Crippen LogP contribution in [0.15, 0.2) is 46.9 Å². The third-order valence-corrected chi connectivity index (χ3v) is 3.84. The summed E-state index contributed by atoms with van der Waals surface area (Å²) < 4.78 is 5.80. The van der Waals surface area contributed by atoms with Crippen LogP contribution in [0.1, 0.15) is 28.9 Å². The van der Waals surface area contributed by atoms with Crippen molar-refractivity contribution in [2.24, 2.45) is 0 Å². The minimum atomic E-state index is -0.393. The summed E-state index contributed by atoms with van der Waals surface area (Å²) >= 11 is 9.47. The molecule has 0 heterocycles. The minimum absolute atomic E-state index is 0.0179. The summed E-state index contributed by atoms with van der Waals surface area (Å²) in [5.41, 5.74) is 2.21. The SMILES string of the molecule is COC(=O)c1ccc(Cl)cc1NC(C)c1cccc(Br)c1. The van der Waals surface area contributed by atoms with Gasteiger partial charge in [-0.3, -0.25) is 0 Å². The topological polar surface area (TPSA) is 38.3 Å². The van der Waals surface area contributed by atoms with Gasteiger partial charge in [-0.15, -0.1) is 0 Å². The molecule has 1 unspecified atom stereocenters. The Labute approximate surface area is 137 Å². The Kier molecular flexibility index (Phi) is 5.26. The van der Waals surface area contributed by atoms with Crippen molar-refractivity contribution in [2.75, 3.05) is 12.4 Å². The number of carbonyl (C=O) groups excluding carboxylic acids is 1. The maximum absolute atomic E-state index is 11.8. The predicted octanol–water partition coefficient (Wildman–Crippen LogP) is 5.06. The molecule has 0 fully saturated rings. The number of benzene rings is 2. The Bertz CT molecular complexity index is 660. The molecule has 0 saturated carbocycles. The lowest BCUT2D eigenvalue weighted by atomic mass is 10.1. The number of hydrogen-bond acceptors (Lipinski definition) is 3. The van der Waals surface area contributed by atoms with Gasteiger partial charge in [0.05, 0.1) is 18.4 Å². The average molecular weight is 369 g/mol. The average Bonchev–Trinajstić information content (AvgIpc) is 2.46. The highest BCUT2D eigenvalue weighted by atomic mass is 79.9. The Morgan fingerprint density at radius 1 is 1.29 bits per heavy atom. The first kappa shape index (κ1) is 15.9. The molecule has 0 aliphatic heterocycles. The fraction of sp³-hybridized carbons (Fsp3) is 0.188. The van der Waals surface area contributed by atoms with E-state index in [9.17, 15) is 4.79 Å². The summed E-state index contributed by atoms with van der Waals surface area (Å²) in [4.78, 5) is 11.8. The number of nitrogens with one attached hydrogen (secondary N) is 1. The van der Waals surface area contributed by atoms with Crippen molar-refractivity contribution in [1.29, 1.82) is 0 Å². The smallest absolute Gasteiger partial charge is 0.339 e. The summed E-state index contributed by atoms with van der Waals surface area (Å²) in [5, 5.41) is 3.87. The second kappa shape index (κ2) is 6.96. The van der Waals surface area contributed by atoms with Gasteiger partial charge in [-0.25, -0.2) is 4.79 Å². The van der Waals surface area contributed by atoms with E-state index in [0.717, 1.165) is 10.0 Å². The highest BCUT2D eigenvalue weighted by Crippen LogP contribution is 2.27. The fourth-order valence-corrected chi connectivity index (χ4v) is 2.61. The van der Waals surface area contributed by atoms with Crippen molar-refractivity contribution in [3.63, 3.8) is 0 Å². The van der Waals surface area contributed by atoms with Gasteiger partial charge in [-0.2, -0.15) is 0 Å². The molecule has 1 atom stereocenters. The molecule has 110 valence electrons. The van der Waals surface area contributed by atoms with E-state index < -0.39 is 5.97 Å². The lowest BCUT2D eigenvalue weighted by Crippen LogP contribution is -2.11. The zero-order valence-electron chi connectivity index (χ0n) is 11.7. The van der Waals surface area contributed by atoms with E-state index in [2.05, 4.69) is 21.2 Å². The fourth-order valence-electron chi connectivity index (χ4n) is 2.02. The maximum Gasteiger partial charge on any atom is 0.339 e. The number of ether oxygens (including phenoxy) is 1. The van der Waals surface area contributed by atoms with Crippen LogP contribution >= 0.6 is 27.5 Å².